The van der Waals surface area contributed by atoms with Crippen molar-refractivity contribution in [3.63, 3.8) is 0 Å². The van der Waals surface area contributed by atoms with Gasteiger partial charge in [-0.25, -0.2) is 4.98 Å². The minimum atomic E-state index is -0.297. The van der Waals surface area contributed by atoms with Crippen LogP contribution in [0.5, 0.6) is 0 Å². The van der Waals surface area contributed by atoms with Crippen LogP contribution in [0, 0.1) is 6.92 Å². The fourth-order valence-corrected chi connectivity index (χ4v) is 1.93. The van der Waals surface area contributed by atoms with Gasteiger partial charge in [-0.1, -0.05) is 42.0 Å². The van der Waals surface area contributed by atoms with E-state index in [1.807, 2.05) is 55.5 Å². The van der Waals surface area contributed by atoms with Gasteiger partial charge in [0.05, 0.1) is 17.2 Å². The van der Waals surface area contributed by atoms with Crippen molar-refractivity contribution in [1.29, 1.82) is 0 Å². The summed E-state index contributed by atoms with van der Waals surface area (Å²) < 4.78 is 0. The van der Waals surface area contributed by atoms with Crippen molar-refractivity contribution >= 4 is 23.1 Å². The number of hydrogen-bond donors (Lipinski definition) is 2. The first kappa shape index (κ1) is 13.1. The topological polar surface area (TPSA) is 70.1 Å². The molecule has 0 atom stereocenters. The first-order chi connectivity index (χ1) is 10.2. The molecule has 0 amide bonds. The van der Waals surface area contributed by atoms with Crippen molar-refractivity contribution < 1.29 is 0 Å². The molecular formula is C16H14N4O. The van der Waals surface area contributed by atoms with Gasteiger partial charge in [-0.3, -0.25) is 10.2 Å². The lowest BCUT2D eigenvalue weighted by atomic mass is 10.2. The van der Waals surface area contributed by atoms with Gasteiger partial charge < -0.3 is 4.98 Å². The molecule has 104 valence electrons. The summed E-state index contributed by atoms with van der Waals surface area (Å²) in [7, 11) is 0. The zero-order valence-corrected chi connectivity index (χ0v) is 11.5. The number of benzene rings is 2. The first-order valence-electron chi connectivity index (χ1n) is 6.57. The Morgan fingerprint density at radius 3 is 2.71 bits per heavy atom. The van der Waals surface area contributed by atoms with Crippen molar-refractivity contribution in [3.8, 4) is 0 Å². The monoisotopic (exact) mass is 278 g/mol. The first-order valence-corrected chi connectivity index (χ1v) is 6.57. The van der Waals surface area contributed by atoms with E-state index in [9.17, 15) is 4.79 Å². The lowest BCUT2D eigenvalue weighted by molar-refractivity contribution is 1.17. The minimum absolute atomic E-state index is 0.178. The highest BCUT2D eigenvalue weighted by molar-refractivity contribution is 5.80. The van der Waals surface area contributed by atoms with Gasteiger partial charge in [0.2, 0.25) is 5.82 Å². The number of anilines is 1. The van der Waals surface area contributed by atoms with Gasteiger partial charge in [0.1, 0.15) is 0 Å². The summed E-state index contributed by atoms with van der Waals surface area (Å²) in [5.74, 6) is 0.178. The molecule has 0 saturated heterocycles. The number of rotatable bonds is 3. The molecule has 0 aliphatic rings. The summed E-state index contributed by atoms with van der Waals surface area (Å²) in [5.41, 5.74) is 5.94. The van der Waals surface area contributed by atoms with Crippen LogP contribution in [0.3, 0.4) is 0 Å². The van der Waals surface area contributed by atoms with Crippen LogP contribution < -0.4 is 11.0 Å². The summed E-state index contributed by atoms with van der Waals surface area (Å²) >= 11 is 0. The minimum Gasteiger partial charge on any atom is -0.317 e. The average Bonchev–Trinajstić information content (AvgIpc) is 2.50. The molecule has 0 saturated carbocycles. The van der Waals surface area contributed by atoms with E-state index in [-0.39, 0.29) is 11.4 Å². The maximum atomic E-state index is 11.9. The molecule has 1 aromatic heterocycles. The number of aromatic amines is 1. The van der Waals surface area contributed by atoms with E-state index in [1.54, 1.807) is 6.21 Å². The van der Waals surface area contributed by atoms with E-state index in [4.69, 9.17) is 0 Å². The number of hydrazone groups is 1. The second kappa shape index (κ2) is 5.58. The Morgan fingerprint density at radius 2 is 1.90 bits per heavy atom. The van der Waals surface area contributed by atoms with Crippen LogP contribution in [0.25, 0.3) is 11.0 Å². The number of aryl methyl sites for hydroxylation is 1. The Balaban J connectivity index is 1.83. The summed E-state index contributed by atoms with van der Waals surface area (Å²) in [4.78, 5) is 18.9. The molecule has 0 fully saturated rings. The number of para-hydroxylation sites is 2. The van der Waals surface area contributed by atoms with Gasteiger partial charge in [0.25, 0.3) is 5.56 Å². The smallest absolute Gasteiger partial charge is 0.293 e. The molecule has 2 aromatic carbocycles. The Labute approximate surface area is 121 Å². The van der Waals surface area contributed by atoms with E-state index < -0.39 is 0 Å². The molecule has 0 bridgehead atoms. The third kappa shape index (κ3) is 2.97. The quantitative estimate of drug-likeness (QED) is 0.571. The van der Waals surface area contributed by atoms with Gasteiger partial charge in [-0.15, -0.1) is 0 Å². The Hall–Kier alpha value is -2.95. The van der Waals surface area contributed by atoms with E-state index in [0.717, 1.165) is 5.56 Å². The van der Waals surface area contributed by atoms with Crippen LogP contribution in [0.4, 0.5) is 5.82 Å². The van der Waals surface area contributed by atoms with E-state index >= 15 is 0 Å². The lowest BCUT2D eigenvalue weighted by Crippen LogP contribution is -2.13. The third-order valence-corrected chi connectivity index (χ3v) is 3.06. The molecule has 0 aliphatic carbocycles. The normalized spacial score (nSPS) is 11.1. The molecule has 0 aliphatic heterocycles. The molecule has 0 unspecified atom stereocenters. The molecule has 0 radical (unpaired) electrons. The van der Waals surface area contributed by atoms with Crippen LogP contribution >= 0.6 is 0 Å². The van der Waals surface area contributed by atoms with E-state index in [1.165, 1.54) is 5.56 Å². The predicted octanol–water partition coefficient (Wildman–Crippen LogP) is 2.68. The molecule has 5 nitrogen and oxygen atoms in total. The van der Waals surface area contributed by atoms with Crippen LogP contribution in [-0.4, -0.2) is 16.2 Å². The van der Waals surface area contributed by atoms with Gasteiger partial charge in [0.15, 0.2) is 0 Å². The fraction of sp³-hybridized carbons (Fsp3) is 0.0625. The zero-order valence-electron chi connectivity index (χ0n) is 11.5. The number of aromatic nitrogens is 2. The lowest BCUT2D eigenvalue weighted by Gasteiger charge is -2.01. The van der Waals surface area contributed by atoms with Gasteiger partial charge in [0, 0.05) is 0 Å². The van der Waals surface area contributed by atoms with Crippen molar-refractivity contribution in [2.45, 2.75) is 6.92 Å². The number of fused-ring (bicyclic) bond motifs is 1. The van der Waals surface area contributed by atoms with Gasteiger partial charge in [-0.2, -0.15) is 5.10 Å². The largest absolute Gasteiger partial charge is 0.317 e. The number of hydrogen-bond acceptors (Lipinski definition) is 4. The van der Waals surface area contributed by atoms with Crippen molar-refractivity contribution in [2.24, 2.45) is 5.10 Å². The second-order valence-electron chi connectivity index (χ2n) is 4.71. The Kier molecular flexibility index (Phi) is 3.47. The standard InChI is InChI=1S/C16H14N4O/c1-11-6-8-12(9-7-11)10-17-20-15-16(21)19-14-5-3-2-4-13(14)18-15/h2-10H,1H3,(H,18,20)(H,19,21). The highest BCUT2D eigenvalue weighted by Crippen LogP contribution is 2.08. The number of nitrogens with zero attached hydrogens (tertiary/aromatic N) is 2. The van der Waals surface area contributed by atoms with Crippen LogP contribution in [-0.2, 0) is 0 Å². The highest BCUT2D eigenvalue weighted by atomic mass is 16.1. The molecule has 0 spiro atoms. The SMILES string of the molecule is Cc1ccc(C=NNc2nc3ccccc3[nH]c2=O)cc1. The predicted molar refractivity (Wildman–Crippen MR) is 84.8 cm³/mol. The van der Waals surface area contributed by atoms with Crippen LogP contribution in [0.15, 0.2) is 58.4 Å². The third-order valence-electron chi connectivity index (χ3n) is 3.06. The van der Waals surface area contributed by atoms with E-state index in [2.05, 4.69) is 20.5 Å². The molecule has 3 aromatic rings. The molecular weight excluding hydrogens is 264 g/mol. The molecule has 2 N–H and O–H groups in total. The summed E-state index contributed by atoms with van der Waals surface area (Å²) in [5, 5.41) is 4.05. The molecule has 5 heteroatoms. The van der Waals surface area contributed by atoms with Crippen molar-refractivity contribution in [1.82, 2.24) is 9.97 Å². The van der Waals surface area contributed by atoms with Crippen molar-refractivity contribution in [3.05, 3.63) is 70.0 Å². The maximum absolute atomic E-state index is 11.9. The summed E-state index contributed by atoms with van der Waals surface area (Å²) in [6.45, 7) is 2.03. The molecule has 3 rings (SSSR count). The zero-order chi connectivity index (χ0) is 14.7. The van der Waals surface area contributed by atoms with Gasteiger partial charge in [-0.05, 0) is 24.6 Å². The molecule has 21 heavy (non-hydrogen) atoms. The maximum Gasteiger partial charge on any atom is 0.293 e. The fourth-order valence-electron chi connectivity index (χ4n) is 1.93. The Morgan fingerprint density at radius 1 is 1.14 bits per heavy atom. The van der Waals surface area contributed by atoms with Crippen molar-refractivity contribution in [2.75, 3.05) is 5.43 Å². The summed E-state index contributed by atoms with van der Waals surface area (Å²) in [6.07, 6.45) is 1.65. The van der Waals surface area contributed by atoms with Crippen LogP contribution in [0.2, 0.25) is 0 Å². The Bertz CT molecular complexity index is 850. The number of nitrogens with one attached hydrogen (secondary N) is 2. The molecule has 1 heterocycles. The number of H-pyrrole nitrogens is 1. The summed E-state index contributed by atoms with van der Waals surface area (Å²) in [6, 6.07) is 15.3. The van der Waals surface area contributed by atoms with Crippen LogP contribution in [0.1, 0.15) is 11.1 Å². The van der Waals surface area contributed by atoms with E-state index in [0.29, 0.717) is 11.0 Å². The highest BCUT2D eigenvalue weighted by Gasteiger charge is 2.02. The average molecular weight is 278 g/mol. The van der Waals surface area contributed by atoms with Gasteiger partial charge >= 0.3 is 0 Å². The second-order valence-corrected chi connectivity index (χ2v) is 4.71.